The van der Waals surface area contributed by atoms with Crippen LogP contribution in [0.1, 0.15) is 0 Å². The third-order valence-electron chi connectivity index (χ3n) is 1.26. The molecule has 0 bridgehead atoms. The summed E-state index contributed by atoms with van der Waals surface area (Å²) in [6.45, 7) is 0. The van der Waals surface area contributed by atoms with Crippen LogP contribution in [0.5, 0.6) is 5.75 Å². The lowest BCUT2D eigenvalue weighted by molar-refractivity contribution is 0.476. The zero-order valence-electron chi connectivity index (χ0n) is 5.03. The van der Waals surface area contributed by atoms with E-state index in [-0.39, 0.29) is 5.75 Å². The summed E-state index contributed by atoms with van der Waals surface area (Å²) in [4.78, 5) is 3.73. The molecule has 2 aromatic rings. The Hall–Kier alpha value is -1.51. The van der Waals surface area contributed by atoms with Gasteiger partial charge in [0.15, 0.2) is 5.58 Å². The number of aromatic nitrogens is 1. The fourth-order valence-corrected chi connectivity index (χ4v) is 0.801. The molecule has 0 spiro atoms. The van der Waals surface area contributed by atoms with Crippen molar-refractivity contribution in [1.82, 2.24) is 4.98 Å². The van der Waals surface area contributed by atoms with Gasteiger partial charge in [0, 0.05) is 6.07 Å². The van der Waals surface area contributed by atoms with E-state index in [1.807, 2.05) is 0 Å². The minimum atomic E-state index is 0.190. The van der Waals surface area contributed by atoms with Gasteiger partial charge in [-0.3, -0.25) is 0 Å². The molecular formula is C7H4NO2. The molecule has 1 heterocycles. The molecule has 49 valence electrons. The average Bonchev–Trinajstić information content (AvgIpc) is 2.33. The van der Waals surface area contributed by atoms with Crippen LogP contribution < -0.4 is 0 Å². The maximum absolute atomic E-state index is 8.95. The highest BCUT2D eigenvalue weighted by Crippen LogP contribution is 2.17. The Morgan fingerprint density at radius 1 is 1.50 bits per heavy atom. The van der Waals surface area contributed by atoms with Crippen LogP contribution in [0.25, 0.3) is 11.1 Å². The van der Waals surface area contributed by atoms with Gasteiger partial charge >= 0.3 is 0 Å². The van der Waals surface area contributed by atoms with Gasteiger partial charge in [0.05, 0.1) is 0 Å². The van der Waals surface area contributed by atoms with Gasteiger partial charge in [-0.05, 0) is 12.1 Å². The lowest BCUT2D eigenvalue weighted by Gasteiger charge is -1.86. The molecule has 0 saturated heterocycles. The summed E-state index contributed by atoms with van der Waals surface area (Å²) in [6, 6.07) is 4.71. The zero-order chi connectivity index (χ0) is 6.97. The van der Waals surface area contributed by atoms with E-state index < -0.39 is 0 Å². The van der Waals surface area contributed by atoms with Crippen LogP contribution >= 0.6 is 0 Å². The number of hydrogen-bond acceptors (Lipinski definition) is 3. The van der Waals surface area contributed by atoms with Crippen molar-refractivity contribution in [3.63, 3.8) is 0 Å². The topological polar surface area (TPSA) is 46.3 Å². The number of aromatic hydroxyl groups is 1. The SMILES string of the molecule is Oc1ccc2o[c]nc2c1. The molecule has 1 aromatic carbocycles. The van der Waals surface area contributed by atoms with E-state index in [0.29, 0.717) is 11.1 Å². The molecule has 0 aliphatic carbocycles. The van der Waals surface area contributed by atoms with E-state index in [0.717, 1.165) is 0 Å². The smallest absolute Gasteiger partial charge is 0.284 e. The Kier molecular flexibility index (Phi) is 0.917. The van der Waals surface area contributed by atoms with Crippen molar-refractivity contribution in [2.75, 3.05) is 0 Å². The van der Waals surface area contributed by atoms with Crippen LogP contribution in [0.4, 0.5) is 0 Å². The quantitative estimate of drug-likeness (QED) is 0.591. The van der Waals surface area contributed by atoms with E-state index in [9.17, 15) is 0 Å². The van der Waals surface area contributed by atoms with Crippen molar-refractivity contribution in [3.8, 4) is 5.75 Å². The van der Waals surface area contributed by atoms with Crippen LogP contribution in [0.2, 0.25) is 0 Å². The summed E-state index contributed by atoms with van der Waals surface area (Å²) in [6.07, 6.45) is 2.33. The third-order valence-corrected chi connectivity index (χ3v) is 1.26. The molecule has 0 amide bonds. The van der Waals surface area contributed by atoms with E-state index in [4.69, 9.17) is 9.52 Å². The summed E-state index contributed by atoms with van der Waals surface area (Å²) < 4.78 is 4.83. The van der Waals surface area contributed by atoms with Crippen molar-refractivity contribution in [2.24, 2.45) is 0 Å². The van der Waals surface area contributed by atoms with Crippen LogP contribution in [-0.4, -0.2) is 10.1 Å². The monoisotopic (exact) mass is 134 g/mol. The Labute approximate surface area is 56.9 Å². The van der Waals surface area contributed by atoms with Gasteiger partial charge in [-0.15, -0.1) is 0 Å². The van der Waals surface area contributed by atoms with Crippen LogP contribution in [0, 0.1) is 6.39 Å². The van der Waals surface area contributed by atoms with Gasteiger partial charge in [0.1, 0.15) is 11.3 Å². The number of rotatable bonds is 0. The number of phenolic OH excluding ortho intramolecular Hbond substituents is 1. The molecule has 1 aromatic heterocycles. The predicted octanol–water partition coefficient (Wildman–Crippen LogP) is 1.33. The van der Waals surface area contributed by atoms with Gasteiger partial charge in [0.2, 0.25) is 0 Å². The largest absolute Gasteiger partial charge is 0.508 e. The van der Waals surface area contributed by atoms with Gasteiger partial charge in [-0.2, -0.15) is 0 Å². The van der Waals surface area contributed by atoms with Gasteiger partial charge < -0.3 is 9.52 Å². The predicted molar refractivity (Wildman–Crippen MR) is 34.5 cm³/mol. The van der Waals surface area contributed by atoms with E-state index >= 15 is 0 Å². The van der Waals surface area contributed by atoms with E-state index in [2.05, 4.69) is 11.4 Å². The molecule has 0 fully saturated rings. The molecule has 0 aliphatic heterocycles. The second-order valence-corrected chi connectivity index (χ2v) is 1.96. The number of phenols is 1. The lowest BCUT2D eigenvalue weighted by Crippen LogP contribution is -1.65. The first-order chi connectivity index (χ1) is 4.86. The molecule has 2 rings (SSSR count). The van der Waals surface area contributed by atoms with Crippen LogP contribution in [0.3, 0.4) is 0 Å². The highest BCUT2D eigenvalue weighted by molar-refractivity contribution is 5.73. The van der Waals surface area contributed by atoms with Gasteiger partial charge in [0.25, 0.3) is 6.39 Å². The molecular weight excluding hydrogens is 130 g/mol. The molecule has 3 heteroatoms. The maximum atomic E-state index is 8.95. The number of oxazole rings is 1. The maximum Gasteiger partial charge on any atom is 0.284 e. The van der Waals surface area contributed by atoms with Gasteiger partial charge in [-0.25, -0.2) is 4.98 Å². The van der Waals surface area contributed by atoms with Crippen molar-refractivity contribution in [1.29, 1.82) is 0 Å². The Morgan fingerprint density at radius 3 is 3.30 bits per heavy atom. The van der Waals surface area contributed by atoms with Crippen molar-refractivity contribution in [3.05, 3.63) is 24.6 Å². The van der Waals surface area contributed by atoms with Crippen molar-refractivity contribution < 1.29 is 9.52 Å². The number of benzene rings is 1. The number of fused-ring (bicyclic) bond motifs is 1. The standard InChI is InChI=1S/C7H4NO2/c9-5-1-2-7-6(3-5)8-4-10-7/h1-3,9H. The first kappa shape index (κ1) is 5.29. The highest BCUT2D eigenvalue weighted by Gasteiger charge is 1.97. The van der Waals surface area contributed by atoms with E-state index in [1.54, 1.807) is 12.1 Å². The third kappa shape index (κ3) is 0.639. The van der Waals surface area contributed by atoms with Crippen molar-refractivity contribution >= 4 is 11.1 Å². The van der Waals surface area contributed by atoms with Crippen molar-refractivity contribution in [2.45, 2.75) is 0 Å². The highest BCUT2D eigenvalue weighted by atomic mass is 16.3. The zero-order valence-corrected chi connectivity index (χ0v) is 5.03. The molecule has 3 nitrogen and oxygen atoms in total. The minimum Gasteiger partial charge on any atom is -0.508 e. The number of hydrogen-bond donors (Lipinski definition) is 1. The summed E-state index contributed by atoms with van der Waals surface area (Å²) in [5, 5.41) is 8.95. The molecule has 0 aliphatic rings. The fraction of sp³-hybridized carbons (Fsp3) is 0. The normalized spacial score (nSPS) is 10.4. The van der Waals surface area contributed by atoms with Crippen LogP contribution in [-0.2, 0) is 0 Å². The summed E-state index contributed by atoms with van der Waals surface area (Å²) in [5.41, 5.74) is 1.26. The van der Waals surface area contributed by atoms with Gasteiger partial charge in [-0.1, -0.05) is 0 Å². The first-order valence-corrected chi connectivity index (χ1v) is 2.82. The Morgan fingerprint density at radius 2 is 2.40 bits per heavy atom. The molecule has 0 saturated carbocycles. The second-order valence-electron chi connectivity index (χ2n) is 1.96. The average molecular weight is 134 g/mol. The first-order valence-electron chi connectivity index (χ1n) is 2.82. The Bertz CT molecular complexity index is 353. The molecule has 0 atom stereocenters. The summed E-state index contributed by atoms with van der Waals surface area (Å²) >= 11 is 0. The number of nitrogens with zero attached hydrogens (tertiary/aromatic N) is 1. The molecule has 1 radical (unpaired) electrons. The second kappa shape index (κ2) is 1.73. The Balaban J connectivity index is 2.86. The van der Waals surface area contributed by atoms with E-state index in [1.165, 1.54) is 6.07 Å². The summed E-state index contributed by atoms with van der Waals surface area (Å²) in [7, 11) is 0. The molecule has 10 heavy (non-hydrogen) atoms. The minimum absolute atomic E-state index is 0.190. The molecule has 0 unspecified atom stereocenters. The van der Waals surface area contributed by atoms with Crippen LogP contribution in [0.15, 0.2) is 22.6 Å². The summed E-state index contributed by atoms with van der Waals surface area (Å²) in [5.74, 6) is 0.190. The fourth-order valence-electron chi connectivity index (χ4n) is 0.801. The molecule has 1 N–H and O–H groups in total. The lowest BCUT2D eigenvalue weighted by atomic mass is 10.3.